The molecule has 0 spiro atoms. The second-order valence-corrected chi connectivity index (χ2v) is 6.18. The zero-order valence-electron chi connectivity index (χ0n) is 14.0. The SMILES string of the molecule is CCCN1CCOC(C(Cc2c(C)cccc2C)NC)C1. The van der Waals surface area contributed by atoms with E-state index >= 15 is 0 Å². The first-order valence-electron chi connectivity index (χ1n) is 8.22. The van der Waals surface area contributed by atoms with Gasteiger partial charge in [-0.2, -0.15) is 0 Å². The highest BCUT2D eigenvalue weighted by molar-refractivity contribution is 5.34. The minimum Gasteiger partial charge on any atom is -0.374 e. The van der Waals surface area contributed by atoms with Crippen LogP contribution in [0.3, 0.4) is 0 Å². The molecule has 0 radical (unpaired) electrons. The van der Waals surface area contributed by atoms with Gasteiger partial charge in [-0.1, -0.05) is 25.1 Å². The van der Waals surface area contributed by atoms with Crippen LogP contribution in [0.5, 0.6) is 0 Å². The van der Waals surface area contributed by atoms with Crippen LogP contribution in [0.25, 0.3) is 0 Å². The van der Waals surface area contributed by atoms with Gasteiger partial charge in [0.05, 0.1) is 12.7 Å². The summed E-state index contributed by atoms with van der Waals surface area (Å²) >= 11 is 0. The van der Waals surface area contributed by atoms with E-state index in [9.17, 15) is 0 Å². The van der Waals surface area contributed by atoms with Gasteiger partial charge < -0.3 is 10.1 Å². The summed E-state index contributed by atoms with van der Waals surface area (Å²) in [5.41, 5.74) is 4.24. The van der Waals surface area contributed by atoms with Crippen molar-refractivity contribution >= 4 is 0 Å². The normalized spacial score (nSPS) is 21.4. The largest absolute Gasteiger partial charge is 0.374 e. The Hall–Kier alpha value is -0.900. The Balaban J connectivity index is 2.05. The molecule has 0 aromatic heterocycles. The summed E-state index contributed by atoms with van der Waals surface area (Å²) < 4.78 is 6.06. The van der Waals surface area contributed by atoms with Gasteiger partial charge in [-0.25, -0.2) is 0 Å². The van der Waals surface area contributed by atoms with E-state index in [2.05, 4.69) is 56.2 Å². The molecule has 0 saturated carbocycles. The van der Waals surface area contributed by atoms with Crippen molar-refractivity contribution in [1.82, 2.24) is 10.2 Å². The van der Waals surface area contributed by atoms with Gasteiger partial charge in [0.15, 0.2) is 0 Å². The molecule has 3 nitrogen and oxygen atoms in total. The van der Waals surface area contributed by atoms with E-state index < -0.39 is 0 Å². The topological polar surface area (TPSA) is 24.5 Å². The number of nitrogens with zero attached hydrogens (tertiary/aromatic N) is 1. The van der Waals surface area contributed by atoms with Crippen molar-refractivity contribution < 1.29 is 4.74 Å². The summed E-state index contributed by atoms with van der Waals surface area (Å²) in [6.45, 7) is 10.8. The summed E-state index contributed by atoms with van der Waals surface area (Å²) in [5.74, 6) is 0. The monoisotopic (exact) mass is 290 g/mol. The van der Waals surface area contributed by atoms with Crippen molar-refractivity contribution in [3.05, 3.63) is 34.9 Å². The van der Waals surface area contributed by atoms with Gasteiger partial charge in [0, 0.05) is 19.1 Å². The van der Waals surface area contributed by atoms with Crippen LogP contribution < -0.4 is 5.32 Å². The molecule has 1 heterocycles. The van der Waals surface area contributed by atoms with Crippen LogP contribution in [0.2, 0.25) is 0 Å². The molecule has 1 aliphatic rings. The fourth-order valence-corrected chi connectivity index (χ4v) is 3.30. The fourth-order valence-electron chi connectivity index (χ4n) is 3.30. The first-order valence-corrected chi connectivity index (χ1v) is 8.22. The van der Waals surface area contributed by atoms with Gasteiger partial charge >= 0.3 is 0 Å². The molecule has 3 heteroatoms. The van der Waals surface area contributed by atoms with Crippen LogP contribution in [-0.2, 0) is 11.2 Å². The Kier molecular flexibility index (Phi) is 6.22. The number of ether oxygens (including phenoxy) is 1. The third-order valence-electron chi connectivity index (χ3n) is 4.61. The molecule has 1 fully saturated rings. The molecule has 1 aromatic carbocycles. The Morgan fingerprint density at radius 3 is 2.67 bits per heavy atom. The number of morpholine rings is 1. The summed E-state index contributed by atoms with van der Waals surface area (Å²) in [5, 5.41) is 3.49. The molecule has 21 heavy (non-hydrogen) atoms. The number of nitrogens with one attached hydrogen (secondary N) is 1. The molecule has 2 atom stereocenters. The van der Waals surface area contributed by atoms with Gasteiger partial charge in [0.1, 0.15) is 0 Å². The lowest BCUT2D eigenvalue weighted by atomic mass is 9.93. The quantitative estimate of drug-likeness (QED) is 0.871. The average Bonchev–Trinajstić information content (AvgIpc) is 2.48. The van der Waals surface area contributed by atoms with Gasteiger partial charge in [-0.05, 0) is 57.0 Å². The van der Waals surface area contributed by atoms with E-state index in [1.54, 1.807) is 0 Å². The molecule has 0 bridgehead atoms. The van der Waals surface area contributed by atoms with Crippen LogP contribution in [-0.4, -0.2) is 50.3 Å². The second kappa shape index (κ2) is 7.92. The predicted octanol–water partition coefficient (Wildman–Crippen LogP) is 2.54. The van der Waals surface area contributed by atoms with Crippen molar-refractivity contribution in [2.45, 2.75) is 45.8 Å². The molecule has 2 rings (SSSR count). The van der Waals surface area contributed by atoms with Crippen molar-refractivity contribution in [2.75, 3.05) is 33.3 Å². The second-order valence-electron chi connectivity index (χ2n) is 6.18. The highest BCUT2D eigenvalue weighted by Gasteiger charge is 2.27. The van der Waals surface area contributed by atoms with Crippen LogP contribution in [0.1, 0.15) is 30.0 Å². The third-order valence-corrected chi connectivity index (χ3v) is 4.61. The van der Waals surface area contributed by atoms with E-state index in [0.717, 1.165) is 26.1 Å². The highest BCUT2D eigenvalue weighted by atomic mass is 16.5. The zero-order valence-corrected chi connectivity index (χ0v) is 14.0. The molecule has 1 aliphatic heterocycles. The van der Waals surface area contributed by atoms with Crippen molar-refractivity contribution in [2.24, 2.45) is 0 Å². The van der Waals surface area contributed by atoms with Crippen molar-refractivity contribution in [3.63, 3.8) is 0 Å². The fraction of sp³-hybridized carbons (Fsp3) is 0.667. The smallest absolute Gasteiger partial charge is 0.0858 e. The number of rotatable bonds is 6. The van der Waals surface area contributed by atoms with Gasteiger partial charge in [0.2, 0.25) is 0 Å². The third kappa shape index (κ3) is 4.29. The lowest BCUT2D eigenvalue weighted by Gasteiger charge is -2.37. The molecule has 0 amide bonds. The first-order chi connectivity index (χ1) is 10.2. The summed E-state index contributed by atoms with van der Waals surface area (Å²) in [4.78, 5) is 2.53. The van der Waals surface area contributed by atoms with Crippen molar-refractivity contribution in [1.29, 1.82) is 0 Å². The van der Waals surface area contributed by atoms with Crippen LogP contribution in [0.4, 0.5) is 0 Å². The Morgan fingerprint density at radius 1 is 1.33 bits per heavy atom. The molecule has 1 aromatic rings. The van der Waals surface area contributed by atoms with Crippen LogP contribution in [0.15, 0.2) is 18.2 Å². The number of hydrogen-bond acceptors (Lipinski definition) is 3. The van der Waals surface area contributed by atoms with E-state index in [4.69, 9.17) is 4.74 Å². The van der Waals surface area contributed by atoms with E-state index in [0.29, 0.717) is 6.04 Å². The summed E-state index contributed by atoms with van der Waals surface area (Å²) in [6, 6.07) is 6.94. The molecule has 1 saturated heterocycles. The average molecular weight is 290 g/mol. The highest BCUT2D eigenvalue weighted by Crippen LogP contribution is 2.19. The van der Waals surface area contributed by atoms with Crippen LogP contribution in [0, 0.1) is 13.8 Å². The van der Waals surface area contributed by atoms with Gasteiger partial charge in [0.25, 0.3) is 0 Å². The van der Waals surface area contributed by atoms with Crippen LogP contribution >= 0.6 is 0 Å². The minimum absolute atomic E-state index is 0.286. The lowest BCUT2D eigenvalue weighted by molar-refractivity contribution is -0.0451. The summed E-state index contributed by atoms with van der Waals surface area (Å²) in [7, 11) is 2.06. The molecular weight excluding hydrogens is 260 g/mol. The maximum Gasteiger partial charge on any atom is 0.0858 e. The predicted molar refractivity (Wildman–Crippen MR) is 88.9 cm³/mol. The molecular formula is C18H30N2O. The van der Waals surface area contributed by atoms with Gasteiger partial charge in [-0.15, -0.1) is 0 Å². The molecule has 0 aliphatic carbocycles. The number of aryl methyl sites for hydroxylation is 2. The number of benzene rings is 1. The Morgan fingerprint density at radius 2 is 2.05 bits per heavy atom. The lowest BCUT2D eigenvalue weighted by Crippen LogP contribution is -2.52. The van der Waals surface area contributed by atoms with E-state index in [1.165, 1.54) is 29.7 Å². The zero-order chi connectivity index (χ0) is 15.2. The summed E-state index contributed by atoms with van der Waals surface area (Å²) in [6.07, 6.45) is 2.54. The van der Waals surface area contributed by atoms with Crippen molar-refractivity contribution in [3.8, 4) is 0 Å². The standard InChI is InChI=1S/C18H30N2O/c1-5-9-20-10-11-21-18(13-20)17(19-4)12-16-14(2)7-6-8-15(16)3/h6-8,17-19H,5,9-13H2,1-4H3. The van der Waals surface area contributed by atoms with Gasteiger partial charge in [-0.3, -0.25) is 4.90 Å². The van der Waals surface area contributed by atoms with E-state index in [1.807, 2.05) is 0 Å². The first kappa shape index (κ1) is 16.5. The molecule has 118 valence electrons. The number of likely N-dealkylation sites (N-methyl/N-ethyl adjacent to an activating group) is 1. The Labute approximate surface area is 129 Å². The maximum atomic E-state index is 6.06. The molecule has 2 unspecified atom stereocenters. The molecule has 1 N–H and O–H groups in total. The maximum absolute atomic E-state index is 6.06. The number of hydrogen-bond donors (Lipinski definition) is 1. The van der Waals surface area contributed by atoms with E-state index in [-0.39, 0.29) is 6.10 Å². The Bertz CT molecular complexity index is 425. The minimum atomic E-state index is 0.286.